The highest BCUT2D eigenvalue weighted by atomic mass is 32.1. The lowest BCUT2D eigenvalue weighted by atomic mass is 10.1. The second kappa shape index (κ2) is 8.41. The fraction of sp³-hybridized carbons (Fsp3) is 0.0909. The van der Waals surface area contributed by atoms with Crippen LogP contribution in [0.15, 0.2) is 65.1 Å². The zero-order valence-electron chi connectivity index (χ0n) is 16.4. The number of thiophene rings is 1. The number of hydrogen-bond donors (Lipinski definition) is 2. The molecule has 0 saturated carbocycles. The van der Waals surface area contributed by atoms with E-state index in [0.717, 1.165) is 31.8 Å². The number of aromatic carboxylic acids is 1. The predicted molar refractivity (Wildman–Crippen MR) is 118 cm³/mol. The molecule has 0 unspecified atom stereocenters. The number of rotatable bonds is 6. The first-order valence-electron chi connectivity index (χ1n) is 9.28. The summed E-state index contributed by atoms with van der Waals surface area (Å²) in [5, 5.41) is 17.5. The maximum atomic E-state index is 11.3. The Kier molecular flexibility index (Phi) is 5.50. The summed E-state index contributed by atoms with van der Waals surface area (Å²) >= 11 is 1.51. The van der Waals surface area contributed by atoms with E-state index in [1.165, 1.54) is 29.8 Å². The number of fused-ring (bicyclic) bond motifs is 1. The van der Waals surface area contributed by atoms with Crippen LogP contribution in [0.4, 0.5) is 5.82 Å². The Bertz CT molecular complexity index is 1310. The molecular formula is C22H17N5O3S. The first-order valence-corrected chi connectivity index (χ1v) is 10.1. The standard InChI is InChI=1S/C22H17N5O3S/c1-12-17-19(31-18(12)14-6-8-15(9-7-14)20(23)28)21(25-11-24-17)27-26-10-13-2-4-16(5-3-13)22(29)30/h2-9,11H,10H2,1H3,(H2,23,28)(H,29,30). The van der Waals surface area contributed by atoms with Gasteiger partial charge in [-0.15, -0.1) is 16.5 Å². The lowest BCUT2D eigenvalue weighted by Gasteiger charge is -2.01. The quantitative estimate of drug-likeness (QED) is 0.425. The van der Waals surface area contributed by atoms with Crippen molar-refractivity contribution in [3.05, 3.63) is 77.1 Å². The molecule has 0 aliphatic heterocycles. The number of primary amides is 1. The van der Waals surface area contributed by atoms with E-state index in [1.807, 2.05) is 19.1 Å². The van der Waals surface area contributed by atoms with Crippen LogP contribution in [0.2, 0.25) is 0 Å². The molecule has 2 aromatic heterocycles. The molecular weight excluding hydrogens is 414 g/mol. The molecule has 31 heavy (non-hydrogen) atoms. The van der Waals surface area contributed by atoms with Gasteiger partial charge in [0.1, 0.15) is 11.0 Å². The molecule has 0 fully saturated rings. The number of carbonyl (C=O) groups excluding carboxylic acids is 1. The molecule has 9 heteroatoms. The molecule has 2 aromatic carbocycles. The second-order valence-electron chi connectivity index (χ2n) is 6.77. The van der Waals surface area contributed by atoms with Crippen LogP contribution in [-0.2, 0) is 6.54 Å². The Labute approximate surface area is 181 Å². The van der Waals surface area contributed by atoms with Crippen molar-refractivity contribution in [2.45, 2.75) is 13.5 Å². The lowest BCUT2D eigenvalue weighted by molar-refractivity contribution is 0.0696. The Hall–Kier alpha value is -3.98. The van der Waals surface area contributed by atoms with Gasteiger partial charge in [-0.3, -0.25) is 4.79 Å². The number of nitrogens with two attached hydrogens (primary N) is 1. The average Bonchev–Trinajstić information content (AvgIpc) is 3.11. The van der Waals surface area contributed by atoms with Crippen molar-refractivity contribution < 1.29 is 14.7 Å². The Balaban J connectivity index is 1.61. The summed E-state index contributed by atoms with van der Waals surface area (Å²) in [5.41, 5.74) is 9.59. The summed E-state index contributed by atoms with van der Waals surface area (Å²) in [4.78, 5) is 31.9. The molecule has 3 N–H and O–H groups in total. The summed E-state index contributed by atoms with van der Waals surface area (Å²) in [6.07, 6.45) is 1.46. The van der Waals surface area contributed by atoms with Gasteiger partial charge in [-0.1, -0.05) is 24.3 Å². The number of nitrogens with zero attached hydrogens (tertiary/aromatic N) is 4. The van der Waals surface area contributed by atoms with Crippen molar-refractivity contribution in [1.82, 2.24) is 9.97 Å². The fourth-order valence-corrected chi connectivity index (χ4v) is 4.28. The van der Waals surface area contributed by atoms with Crippen LogP contribution in [0, 0.1) is 6.92 Å². The van der Waals surface area contributed by atoms with E-state index in [0.29, 0.717) is 17.9 Å². The largest absolute Gasteiger partial charge is 0.478 e. The zero-order valence-corrected chi connectivity index (χ0v) is 17.3. The number of aromatic nitrogens is 2. The normalized spacial score (nSPS) is 11.3. The van der Waals surface area contributed by atoms with Crippen molar-refractivity contribution in [3.63, 3.8) is 0 Å². The monoisotopic (exact) mass is 431 g/mol. The predicted octanol–water partition coefficient (Wildman–Crippen LogP) is 4.75. The third-order valence-corrected chi connectivity index (χ3v) is 6.06. The molecule has 154 valence electrons. The van der Waals surface area contributed by atoms with Crippen LogP contribution in [-0.4, -0.2) is 27.0 Å². The van der Waals surface area contributed by atoms with E-state index in [-0.39, 0.29) is 5.56 Å². The second-order valence-corrected chi connectivity index (χ2v) is 7.80. The van der Waals surface area contributed by atoms with Gasteiger partial charge in [0, 0.05) is 10.4 Å². The zero-order chi connectivity index (χ0) is 22.0. The maximum Gasteiger partial charge on any atom is 0.335 e. The number of carbonyl (C=O) groups is 2. The van der Waals surface area contributed by atoms with Crippen LogP contribution in [0.5, 0.6) is 0 Å². The third-order valence-electron chi connectivity index (χ3n) is 4.74. The highest BCUT2D eigenvalue weighted by Crippen LogP contribution is 2.40. The first-order chi connectivity index (χ1) is 14.9. The number of carboxylic acids is 1. The Morgan fingerprint density at radius 3 is 2.35 bits per heavy atom. The first kappa shape index (κ1) is 20.3. The number of azo groups is 1. The molecule has 0 bridgehead atoms. The summed E-state index contributed by atoms with van der Waals surface area (Å²) in [6.45, 7) is 2.28. The minimum atomic E-state index is -0.968. The number of benzene rings is 2. The molecule has 0 saturated heterocycles. The van der Waals surface area contributed by atoms with E-state index < -0.39 is 11.9 Å². The van der Waals surface area contributed by atoms with Gasteiger partial charge in [0.15, 0.2) is 5.82 Å². The highest BCUT2D eigenvalue weighted by Gasteiger charge is 2.15. The van der Waals surface area contributed by atoms with Crippen molar-refractivity contribution in [2.24, 2.45) is 16.0 Å². The number of amides is 1. The third kappa shape index (κ3) is 4.17. The molecule has 8 nitrogen and oxygen atoms in total. The van der Waals surface area contributed by atoms with Gasteiger partial charge in [-0.25, -0.2) is 14.8 Å². The van der Waals surface area contributed by atoms with E-state index in [4.69, 9.17) is 10.8 Å². The Morgan fingerprint density at radius 2 is 1.71 bits per heavy atom. The average molecular weight is 431 g/mol. The van der Waals surface area contributed by atoms with Crippen LogP contribution < -0.4 is 5.73 Å². The number of carboxylic acid groups (broad SMARTS) is 1. The molecule has 0 spiro atoms. The van der Waals surface area contributed by atoms with E-state index >= 15 is 0 Å². The Morgan fingerprint density at radius 1 is 1.03 bits per heavy atom. The maximum absolute atomic E-state index is 11.3. The van der Waals surface area contributed by atoms with Crippen LogP contribution in [0.3, 0.4) is 0 Å². The van der Waals surface area contributed by atoms with Gasteiger partial charge in [-0.2, -0.15) is 5.11 Å². The minimum Gasteiger partial charge on any atom is -0.478 e. The number of aryl methyl sites for hydroxylation is 1. The van der Waals surface area contributed by atoms with Gasteiger partial charge >= 0.3 is 5.97 Å². The van der Waals surface area contributed by atoms with Crippen molar-refractivity contribution in [2.75, 3.05) is 0 Å². The minimum absolute atomic E-state index is 0.226. The molecule has 0 atom stereocenters. The summed E-state index contributed by atoms with van der Waals surface area (Å²) in [5.74, 6) is -0.962. The summed E-state index contributed by atoms with van der Waals surface area (Å²) < 4.78 is 0.818. The molecule has 4 aromatic rings. The van der Waals surface area contributed by atoms with Crippen molar-refractivity contribution in [1.29, 1.82) is 0 Å². The van der Waals surface area contributed by atoms with Gasteiger partial charge in [0.2, 0.25) is 5.91 Å². The molecule has 4 rings (SSSR count). The topological polar surface area (TPSA) is 131 Å². The van der Waals surface area contributed by atoms with E-state index in [1.54, 1.807) is 24.3 Å². The van der Waals surface area contributed by atoms with Gasteiger partial charge in [0.05, 0.1) is 17.6 Å². The van der Waals surface area contributed by atoms with Gasteiger partial charge in [-0.05, 0) is 47.9 Å². The summed E-state index contributed by atoms with van der Waals surface area (Å²) in [7, 11) is 0. The van der Waals surface area contributed by atoms with E-state index in [2.05, 4.69) is 20.2 Å². The van der Waals surface area contributed by atoms with Crippen molar-refractivity contribution >= 4 is 39.2 Å². The summed E-state index contributed by atoms with van der Waals surface area (Å²) in [6, 6.07) is 13.6. The molecule has 1 amide bonds. The SMILES string of the molecule is Cc1c(-c2ccc(C(N)=O)cc2)sc2c(N=NCc3ccc(C(=O)O)cc3)ncnc12. The molecule has 0 radical (unpaired) electrons. The molecule has 2 heterocycles. The lowest BCUT2D eigenvalue weighted by Crippen LogP contribution is -2.10. The van der Waals surface area contributed by atoms with Crippen molar-refractivity contribution in [3.8, 4) is 10.4 Å². The van der Waals surface area contributed by atoms with Gasteiger partial charge < -0.3 is 10.8 Å². The van der Waals surface area contributed by atoms with Gasteiger partial charge in [0.25, 0.3) is 0 Å². The molecule has 0 aliphatic rings. The van der Waals surface area contributed by atoms with Crippen LogP contribution in [0.1, 0.15) is 31.8 Å². The fourth-order valence-electron chi connectivity index (χ4n) is 3.08. The number of hydrogen-bond acceptors (Lipinski definition) is 7. The van der Waals surface area contributed by atoms with Crippen LogP contribution >= 0.6 is 11.3 Å². The van der Waals surface area contributed by atoms with E-state index in [9.17, 15) is 9.59 Å². The van der Waals surface area contributed by atoms with Crippen LogP contribution in [0.25, 0.3) is 20.7 Å². The highest BCUT2D eigenvalue weighted by molar-refractivity contribution is 7.23. The molecule has 0 aliphatic carbocycles. The smallest absolute Gasteiger partial charge is 0.335 e.